The van der Waals surface area contributed by atoms with Crippen LogP contribution in [0.5, 0.6) is 0 Å². The van der Waals surface area contributed by atoms with Crippen molar-refractivity contribution in [2.24, 2.45) is 11.8 Å². The predicted molar refractivity (Wildman–Crippen MR) is 85.5 cm³/mol. The van der Waals surface area contributed by atoms with E-state index in [0.717, 1.165) is 17.0 Å². The lowest BCUT2D eigenvalue weighted by molar-refractivity contribution is -0.141. The molecule has 2 fully saturated rings. The monoisotopic (exact) mass is 325 g/mol. The SMILES string of the molecule is Cc1cc(CN2CC3C(=O)N(Cc4ccccc4)C(=O)C3C2)on1. The van der Waals surface area contributed by atoms with Crippen LogP contribution in [-0.4, -0.2) is 39.9 Å². The van der Waals surface area contributed by atoms with E-state index >= 15 is 0 Å². The van der Waals surface area contributed by atoms with Crippen LogP contribution >= 0.6 is 0 Å². The zero-order valence-corrected chi connectivity index (χ0v) is 13.5. The summed E-state index contributed by atoms with van der Waals surface area (Å²) in [6.45, 7) is 4.03. The van der Waals surface area contributed by atoms with E-state index in [1.165, 1.54) is 4.90 Å². The van der Waals surface area contributed by atoms with Gasteiger partial charge in [-0.2, -0.15) is 0 Å². The van der Waals surface area contributed by atoms with Crippen LogP contribution in [0.25, 0.3) is 0 Å². The van der Waals surface area contributed by atoms with Crippen molar-refractivity contribution in [1.29, 1.82) is 0 Å². The molecule has 1 aromatic heterocycles. The second-order valence-electron chi connectivity index (χ2n) is 6.59. The fourth-order valence-corrected chi connectivity index (χ4v) is 3.66. The predicted octanol–water partition coefficient (Wildman–Crippen LogP) is 1.60. The molecule has 2 saturated heterocycles. The molecule has 6 nitrogen and oxygen atoms in total. The number of rotatable bonds is 4. The Labute approximate surface area is 140 Å². The van der Waals surface area contributed by atoms with Crippen LogP contribution in [0.4, 0.5) is 0 Å². The van der Waals surface area contributed by atoms with Gasteiger partial charge in [0, 0.05) is 19.2 Å². The number of aromatic nitrogens is 1. The first kappa shape index (κ1) is 15.1. The first-order valence-corrected chi connectivity index (χ1v) is 8.15. The highest BCUT2D eigenvalue weighted by molar-refractivity contribution is 6.05. The Morgan fingerprint density at radius 1 is 1.08 bits per heavy atom. The molecule has 124 valence electrons. The second kappa shape index (κ2) is 5.87. The van der Waals surface area contributed by atoms with Crippen molar-refractivity contribution in [2.45, 2.75) is 20.0 Å². The summed E-state index contributed by atoms with van der Waals surface area (Å²) in [5.74, 6) is 0.208. The van der Waals surface area contributed by atoms with Crippen LogP contribution in [0.1, 0.15) is 17.0 Å². The normalized spacial score (nSPS) is 24.0. The Morgan fingerprint density at radius 3 is 2.33 bits per heavy atom. The fourth-order valence-electron chi connectivity index (χ4n) is 3.66. The Morgan fingerprint density at radius 2 is 1.75 bits per heavy atom. The van der Waals surface area contributed by atoms with Crippen molar-refractivity contribution >= 4 is 11.8 Å². The Hall–Kier alpha value is -2.47. The molecule has 0 saturated carbocycles. The average molecular weight is 325 g/mol. The summed E-state index contributed by atoms with van der Waals surface area (Å²) < 4.78 is 5.23. The van der Waals surface area contributed by atoms with Gasteiger partial charge < -0.3 is 4.52 Å². The van der Waals surface area contributed by atoms with Crippen LogP contribution in [0.3, 0.4) is 0 Å². The number of carbonyl (C=O) groups is 2. The Bertz CT molecular complexity index is 747. The topological polar surface area (TPSA) is 66.7 Å². The van der Waals surface area contributed by atoms with Gasteiger partial charge in [-0.05, 0) is 12.5 Å². The maximum Gasteiger partial charge on any atom is 0.234 e. The van der Waals surface area contributed by atoms with Crippen LogP contribution in [-0.2, 0) is 22.7 Å². The zero-order chi connectivity index (χ0) is 16.7. The van der Waals surface area contributed by atoms with Crippen LogP contribution in [0.15, 0.2) is 40.9 Å². The summed E-state index contributed by atoms with van der Waals surface area (Å²) >= 11 is 0. The zero-order valence-electron chi connectivity index (χ0n) is 13.5. The standard InChI is InChI=1S/C18H19N3O3/c1-12-7-14(24-19-12)9-20-10-15-16(11-20)18(23)21(17(15)22)8-13-5-3-2-4-6-13/h2-7,15-16H,8-11H2,1H3. The molecule has 3 heterocycles. The molecule has 4 rings (SSSR count). The van der Waals surface area contributed by atoms with E-state index in [2.05, 4.69) is 10.1 Å². The lowest BCUT2D eigenvalue weighted by Crippen LogP contribution is -2.35. The molecule has 2 aliphatic heterocycles. The van der Waals surface area contributed by atoms with Gasteiger partial charge in [-0.3, -0.25) is 19.4 Å². The lowest BCUT2D eigenvalue weighted by Gasteiger charge is -2.19. The van der Waals surface area contributed by atoms with Gasteiger partial charge in [-0.15, -0.1) is 0 Å². The highest BCUT2D eigenvalue weighted by Gasteiger charge is 2.52. The third kappa shape index (κ3) is 2.63. The van der Waals surface area contributed by atoms with Gasteiger partial charge >= 0.3 is 0 Å². The molecule has 2 aromatic rings. The number of fused-ring (bicyclic) bond motifs is 1. The number of nitrogens with zero attached hydrogens (tertiary/aromatic N) is 3. The van der Waals surface area contributed by atoms with Crippen molar-refractivity contribution in [2.75, 3.05) is 13.1 Å². The summed E-state index contributed by atoms with van der Waals surface area (Å²) in [7, 11) is 0. The van der Waals surface area contributed by atoms with Crippen LogP contribution < -0.4 is 0 Å². The fraction of sp³-hybridized carbons (Fsp3) is 0.389. The molecule has 6 heteroatoms. The number of carbonyl (C=O) groups excluding carboxylic acids is 2. The number of amides is 2. The molecule has 24 heavy (non-hydrogen) atoms. The average Bonchev–Trinajstić information content (AvgIpc) is 3.23. The van der Waals surface area contributed by atoms with Gasteiger partial charge in [0.1, 0.15) is 0 Å². The molecular weight excluding hydrogens is 306 g/mol. The lowest BCUT2D eigenvalue weighted by atomic mass is 10.00. The number of benzene rings is 1. The minimum Gasteiger partial charge on any atom is -0.360 e. The van der Waals surface area contributed by atoms with Gasteiger partial charge in [0.05, 0.1) is 30.6 Å². The third-order valence-corrected chi connectivity index (χ3v) is 4.80. The van der Waals surface area contributed by atoms with E-state index in [9.17, 15) is 9.59 Å². The van der Waals surface area contributed by atoms with Crippen LogP contribution in [0, 0.1) is 18.8 Å². The van der Waals surface area contributed by atoms with E-state index in [1.54, 1.807) is 0 Å². The highest BCUT2D eigenvalue weighted by atomic mass is 16.5. The molecule has 2 unspecified atom stereocenters. The highest BCUT2D eigenvalue weighted by Crippen LogP contribution is 2.34. The smallest absolute Gasteiger partial charge is 0.234 e. The molecule has 2 atom stereocenters. The van der Waals surface area contributed by atoms with E-state index in [-0.39, 0.29) is 23.7 Å². The van der Waals surface area contributed by atoms with Crippen molar-refractivity contribution in [3.05, 3.63) is 53.4 Å². The van der Waals surface area contributed by atoms with E-state index in [0.29, 0.717) is 26.2 Å². The van der Waals surface area contributed by atoms with E-state index < -0.39 is 0 Å². The number of likely N-dealkylation sites (tertiary alicyclic amines) is 2. The molecule has 0 spiro atoms. The summed E-state index contributed by atoms with van der Waals surface area (Å²) in [5, 5.41) is 3.88. The number of hydrogen-bond donors (Lipinski definition) is 0. The van der Waals surface area contributed by atoms with Crippen molar-refractivity contribution < 1.29 is 14.1 Å². The second-order valence-corrected chi connectivity index (χ2v) is 6.59. The van der Waals surface area contributed by atoms with E-state index in [4.69, 9.17) is 4.52 Å². The summed E-state index contributed by atoms with van der Waals surface area (Å²) in [6.07, 6.45) is 0. The minimum atomic E-state index is -0.231. The Kier molecular flexibility index (Phi) is 3.69. The first-order valence-electron chi connectivity index (χ1n) is 8.15. The van der Waals surface area contributed by atoms with Crippen LogP contribution in [0.2, 0.25) is 0 Å². The molecule has 2 amide bonds. The maximum atomic E-state index is 12.6. The molecule has 0 N–H and O–H groups in total. The molecule has 1 aromatic carbocycles. The quantitative estimate of drug-likeness (QED) is 0.799. The Balaban J connectivity index is 1.44. The molecule has 2 aliphatic rings. The minimum absolute atomic E-state index is 0.0508. The maximum absolute atomic E-state index is 12.6. The molecule has 0 bridgehead atoms. The molecule has 0 aliphatic carbocycles. The number of hydrogen-bond acceptors (Lipinski definition) is 5. The summed E-state index contributed by atoms with van der Waals surface area (Å²) in [5.41, 5.74) is 1.82. The van der Waals surface area contributed by atoms with Crippen molar-refractivity contribution in [3.63, 3.8) is 0 Å². The van der Waals surface area contributed by atoms with E-state index in [1.807, 2.05) is 43.3 Å². The largest absolute Gasteiger partial charge is 0.360 e. The van der Waals surface area contributed by atoms with Gasteiger partial charge in [0.15, 0.2) is 5.76 Å². The van der Waals surface area contributed by atoms with Crippen molar-refractivity contribution in [1.82, 2.24) is 15.0 Å². The molecule has 0 radical (unpaired) electrons. The van der Waals surface area contributed by atoms with Gasteiger partial charge in [-0.1, -0.05) is 35.5 Å². The summed E-state index contributed by atoms with van der Waals surface area (Å²) in [4.78, 5) is 28.8. The van der Waals surface area contributed by atoms with Gasteiger partial charge in [0.25, 0.3) is 0 Å². The summed E-state index contributed by atoms with van der Waals surface area (Å²) in [6, 6.07) is 11.5. The molecular formula is C18H19N3O3. The van der Waals surface area contributed by atoms with Gasteiger partial charge in [-0.25, -0.2) is 0 Å². The van der Waals surface area contributed by atoms with Crippen molar-refractivity contribution in [3.8, 4) is 0 Å². The van der Waals surface area contributed by atoms with Gasteiger partial charge in [0.2, 0.25) is 11.8 Å². The number of imide groups is 1. The first-order chi connectivity index (χ1) is 11.6. The third-order valence-electron chi connectivity index (χ3n) is 4.80. The number of aryl methyl sites for hydroxylation is 1.